The molecule has 7 nitrogen and oxygen atoms in total. The van der Waals surface area contributed by atoms with Gasteiger partial charge < -0.3 is 11.5 Å². The first-order valence-corrected chi connectivity index (χ1v) is 9.01. The van der Waals surface area contributed by atoms with E-state index in [4.69, 9.17) is 16.0 Å². The molecule has 0 spiro atoms. The molecule has 0 saturated heterocycles. The van der Waals surface area contributed by atoms with Gasteiger partial charge in [-0.2, -0.15) is 13.4 Å². The number of aliphatic imine (C=N–C) groups is 1. The van der Waals surface area contributed by atoms with E-state index in [-0.39, 0.29) is 5.96 Å². The van der Waals surface area contributed by atoms with E-state index < -0.39 is 16.0 Å². The van der Waals surface area contributed by atoms with Gasteiger partial charge in [-0.25, -0.2) is 0 Å². The lowest BCUT2D eigenvalue weighted by molar-refractivity contribution is 0.100. The zero-order chi connectivity index (χ0) is 17.6. The van der Waals surface area contributed by atoms with Gasteiger partial charge >= 0.3 is 0 Å². The monoisotopic (exact) mass is 355 g/mol. The predicted octanol–water partition coefficient (Wildman–Crippen LogP) is 1.64. The van der Waals surface area contributed by atoms with Gasteiger partial charge in [-0.15, -0.1) is 11.3 Å². The van der Waals surface area contributed by atoms with Crippen molar-refractivity contribution in [3.05, 3.63) is 46.2 Å². The summed E-state index contributed by atoms with van der Waals surface area (Å²) in [4.78, 5) is 16.5. The van der Waals surface area contributed by atoms with Crippen LogP contribution >= 0.6 is 11.3 Å². The van der Waals surface area contributed by atoms with Gasteiger partial charge in [-0.3, -0.25) is 9.35 Å². The number of carbonyl (C=O) groups is 1. The number of carbonyl (C=O) groups excluding carboxylic acids is 1. The molecular weight excluding hydrogens is 338 g/mol. The van der Waals surface area contributed by atoms with Gasteiger partial charge in [0, 0.05) is 10.4 Å². The Labute approximate surface area is 138 Å². The molecule has 0 aliphatic rings. The highest BCUT2D eigenvalue weighted by Crippen LogP contribution is 2.28. The van der Waals surface area contributed by atoms with Gasteiger partial charge in [-0.1, -0.05) is 12.1 Å². The fourth-order valence-corrected chi connectivity index (χ4v) is 2.41. The van der Waals surface area contributed by atoms with Crippen LogP contribution in [0.4, 0.5) is 0 Å². The Kier molecular flexibility index (Phi) is 6.43. The second kappa shape index (κ2) is 7.86. The fourth-order valence-electron chi connectivity index (χ4n) is 1.69. The third-order valence-corrected chi connectivity index (χ3v) is 3.36. The Balaban J connectivity index is 0.000000463. The summed E-state index contributed by atoms with van der Waals surface area (Å²) in [6.45, 7) is 2.05. The number of benzene rings is 1. The quantitative estimate of drug-likeness (QED) is 0.425. The van der Waals surface area contributed by atoms with Crippen LogP contribution in [0.25, 0.3) is 11.1 Å². The average molecular weight is 355 g/mol. The van der Waals surface area contributed by atoms with Crippen molar-refractivity contribution in [2.75, 3.05) is 6.26 Å². The lowest BCUT2D eigenvalue weighted by Gasteiger charge is -2.02. The Bertz CT molecular complexity index is 814. The third kappa shape index (κ3) is 7.04. The summed E-state index contributed by atoms with van der Waals surface area (Å²) in [6.07, 6.45) is 0.715. The highest BCUT2D eigenvalue weighted by Gasteiger charge is 2.08. The van der Waals surface area contributed by atoms with Crippen molar-refractivity contribution in [3.63, 3.8) is 0 Å². The molecule has 0 fully saturated rings. The first kappa shape index (κ1) is 18.8. The van der Waals surface area contributed by atoms with Crippen LogP contribution in [0.2, 0.25) is 0 Å². The van der Waals surface area contributed by atoms with Crippen molar-refractivity contribution in [1.29, 1.82) is 0 Å². The van der Waals surface area contributed by atoms with Crippen molar-refractivity contribution in [2.45, 2.75) is 6.92 Å². The number of hydrogen-bond acceptors (Lipinski definition) is 4. The topological polar surface area (TPSA) is 136 Å². The molecule has 1 heterocycles. The molecule has 1 aromatic carbocycles. The maximum Gasteiger partial charge on any atom is 0.280 e. The first-order chi connectivity index (χ1) is 10.6. The molecule has 124 valence electrons. The second-order valence-corrected chi connectivity index (χ2v) is 7.13. The van der Waals surface area contributed by atoms with Crippen molar-refractivity contribution < 1.29 is 17.8 Å². The van der Waals surface area contributed by atoms with Crippen LogP contribution in [0.3, 0.4) is 0 Å². The summed E-state index contributed by atoms with van der Waals surface area (Å²) in [5.41, 5.74) is 13.0. The lowest BCUT2D eigenvalue weighted by atomic mass is 10.0. The van der Waals surface area contributed by atoms with Gasteiger partial charge in [0.25, 0.3) is 16.0 Å². The lowest BCUT2D eigenvalue weighted by Crippen LogP contribution is -2.24. The number of hydrogen-bond donors (Lipinski definition) is 3. The van der Waals surface area contributed by atoms with Gasteiger partial charge in [-0.05, 0) is 41.6 Å². The van der Waals surface area contributed by atoms with Crippen LogP contribution in [0.1, 0.15) is 15.2 Å². The van der Waals surface area contributed by atoms with Crippen LogP contribution in [0.5, 0.6) is 0 Å². The van der Waals surface area contributed by atoms with Crippen molar-refractivity contribution in [2.24, 2.45) is 16.5 Å². The zero-order valence-electron chi connectivity index (χ0n) is 12.6. The summed E-state index contributed by atoms with van der Waals surface area (Å²) < 4.78 is 25.9. The van der Waals surface area contributed by atoms with E-state index in [0.29, 0.717) is 11.8 Å². The Morgan fingerprint density at radius 1 is 1.26 bits per heavy atom. The third-order valence-electron chi connectivity index (χ3n) is 2.51. The first-order valence-electron chi connectivity index (χ1n) is 6.29. The highest BCUT2D eigenvalue weighted by atomic mass is 32.2. The molecule has 23 heavy (non-hydrogen) atoms. The van der Waals surface area contributed by atoms with Gasteiger partial charge in [0.2, 0.25) is 0 Å². The largest absolute Gasteiger partial charge is 0.370 e. The molecule has 1 amide bonds. The number of rotatable bonds is 2. The number of aryl methyl sites for hydroxylation is 1. The number of amides is 1. The Morgan fingerprint density at radius 2 is 1.87 bits per heavy atom. The molecule has 0 unspecified atom stereocenters. The fraction of sp³-hybridized carbons (Fsp3) is 0.143. The van der Waals surface area contributed by atoms with E-state index in [1.807, 2.05) is 30.5 Å². The molecule has 0 aliphatic carbocycles. The summed E-state index contributed by atoms with van der Waals surface area (Å²) in [5.74, 6) is -0.651. The SMILES string of the molecule is CS(=O)(=O)O.Cc1sccc1-c1cccc(C(=O)N=C(N)N)c1. The zero-order valence-corrected chi connectivity index (χ0v) is 14.2. The normalized spacial score (nSPS) is 10.4. The maximum atomic E-state index is 11.7. The van der Waals surface area contributed by atoms with Crippen molar-refractivity contribution in [1.82, 2.24) is 0 Å². The van der Waals surface area contributed by atoms with E-state index in [1.54, 1.807) is 23.5 Å². The van der Waals surface area contributed by atoms with Crippen LogP contribution in [-0.2, 0) is 10.1 Å². The molecule has 0 aliphatic heterocycles. The molecule has 2 aromatic rings. The number of nitrogens with zero attached hydrogens (tertiary/aromatic N) is 1. The van der Waals surface area contributed by atoms with Gasteiger partial charge in [0.1, 0.15) is 0 Å². The van der Waals surface area contributed by atoms with Gasteiger partial charge in [0.15, 0.2) is 5.96 Å². The Morgan fingerprint density at radius 3 is 2.35 bits per heavy atom. The molecule has 5 N–H and O–H groups in total. The van der Waals surface area contributed by atoms with Crippen LogP contribution in [0.15, 0.2) is 40.7 Å². The van der Waals surface area contributed by atoms with Crippen molar-refractivity contribution in [3.8, 4) is 11.1 Å². The van der Waals surface area contributed by atoms with E-state index in [0.717, 1.165) is 11.1 Å². The van der Waals surface area contributed by atoms with E-state index in [9.17, 15) is 13.2 Å². The Hall–Kier alpha value is -2.23. The molecular formula is C14H17N3O4S2. The summed E-state index contributed by atoms with van der Waals surface area (Å²) in [7, 11) is -3.67. The average Bonchev–Trinajstić information content (AvgIpc) is 2.82. The van der Waals surface area contributed by atoms with Crippen LogP contribution < -0.4 is 11.5 Å². The second-order valence-electron chi connectivity index (χ2n) is 4.55. The van der Waals surface area contributed by atoms with Crippen LogP contribution in [0, 0.1) is 6.92 Å². The molecule has 0 atom stereocenters. The molecule has 9 heteroatoms. The summed E-state index contributed by atoms with van der Waals surface area (Å²) in [6, 6.07) is 9.30. The highest BCUT2D eigenvalue weighted by molar-refractivity contribution is 7.85. The molecule has 0 bridgehead atoms. The number of nitrogens with two attached hydrogens (primary N) is 2. The minimum absolute atomic E-state index is 0.225. The van der Waals surface area contributed by atoms with Gasteiger partial charge in [0.05, 0.1) is 6.26 Å². The summed E-state index contributed by atoms with van der Waals surface area (Å²) >= 11 is 1.67. The van der Waals surface area contributed by atoms with Crippen LogP contribution in [-0.4, -0.2) is 31.1 Å². The minimum Gasteiger partial charge on any atom is -0.370 e. The molecule has 1 aromatic heterocycles. The van der Waals surface area contributed by atoms with E-state index >= 15 is 0 Å². The standard InChI is InChI=1S/C13H13N3OS.CH4O3S/c1-8-11(5-6-18-8)9-3-2-4-10(7-9)12(17)16-13(14)15;1-5(2,3)4/h2-7H,1H3,(H4,14,15,16,17);1H3,(H,2,3,4). The van der Waals surface area contributed by atoms with E-state index in [2.05, 4.69) is 4.99 Å². The van der Waals surface area contributed by atoms with Crippen molar-refractivity contribution >= 4 is 33.3 Å². The molecule has 0 radical (unpaired) electrons. The molecule has 0 saturated carbocycles. The maximum absolute atomic E-state index is 11.7. The minimum atomic E-state index is -3.67. The number of guanidine groups is 1. The summed E-state index contributed by atoms with van der Waals surface area (Å²) in [5, 5.41) is 2.02. The van der Waals surface area contributed by atoms with E-state index in [1.165, 1.54) is 4.88 Å². The predicted molar refractivity (Wildman–Crippen MR) is 92.1 cm³/mol. The smallest absolute Gasteiger partial charge is 0.280 e. The number of thiophene rings is 1. The molecule has 2 rings (SSSR count).